The zero-order valence-electron chi connectivity index (χ0n) is 19.7. The van der Waals surface area contributed by atoms with Gasteiger partial charge in [-0.2, -0.15) is 0 Å². The Bertz CT molecular complexity index is 1150. The molecule has 0 aliphatic carbocycles. The first-order chi connectivity index (χ1) is 17.0. The van der Waals surface area contributed by atoms with Crippen molar-refractivity contribution < 1.29 is 23.9 Å². The molecule has 3 aliphatic rings. The monoisotopic (exact) mass is 479 g/mol. The molecule has 2 aromatic carbocycles. The third kappa shape index (κ3) is 4.54. The number of benzene rings is 2. The number of amides is 3. The molecule has 35 heavy (non-hydrogen) atoms. The van der Waals surface area contributed by atoms with E-state index in [1.165, 1.54) is 25.3 Å². The Balaban J connectivity index is 1.32. The summed E-state index contributed by atoms with van der Waals surface area (Å²) in [5, 5.41) is 12.1. The first-order valence-electron chi connectivity index (χ1n) is 11.7. The van der Waals surface area contributed by atoms with Crippen molar-refractivity contribution in [3.63, 3.8) is 0 Å². The molecule has 0 bridgehead atoms. The van der Waals surface area contributed by atoms with Gasteiger partial charge in [0, 0.05) is 25.6 Å². The molecular formula is C25H29N5O5. The lowest BCUT2D eigenvalue weighted by Gasteiger charge is -2.47. The zero-order valence-corrected chi connectivity index (χ0v) is 19.7. The van der Waals surface area contributed by atoms with Gasteiger partial charge in [0.2, 0.25) is 17.7 Å². The van der Waals surface area contributed by atoms with Crippen molar-refractivity contribution in [2.45, 2.75) is 31.8 Å². The lowest BCUT2D eigenvalue weighted by Crippen LogP contribution is -2.74. The zero-order chi connectivity index (χ0) is 24.5. The Labute approximate surface area is 203 Å². The number of fused-ring (bicyclic) bond motifs is 2. The van der Waals surface area contributed by atoms with Crippen LogP contribution < -0.4 is 30.7 Å². The molecule has 10 nitrogen and oxygen atoms in total. The second-order valence-corrected chi connectivity index (χ2v) is 9.00. The third-order valence-electron chi connectivity index (χ3n) is 6.96. The number of carbonyl (C=O) groups excluding carboxylic acids is 3. The van der Waals surface area contributed by atoms with Crippen LogP contribution in [-0.4, -0.2) is 55.8 Å². The fourth-order valence-corrected chi connectivity index (χ4v) is 5.13. The van der Waals surface area contributed by atoms with Crippen molar-refractivity contribution in [1.29, 1.82) is 0 Å². The standard InChI is InChI=1S/C25H29N5O5/c1-34-16-7-8-19(35-2)18(11-16)26-23(32)17-12-20(31)27-22-21(17)24(33)29-25(28-22)30-10-9-14-5-3-4-6-15(14)13-30/h3-8,11,17,21-22,25,28H,9-10,12-13H2,1-2H3,(H,26,32)(H,27,31)(H,29,33). The van der Waals surface area contributed by atoms with Crippen molar-refractivity contribution in [3.05, 3.63) is 53.6 Å². The van der Waals surface area contributed by atoms with E-state index in [2.05, 4.69) is 38.3 Å². The van der Waals surface area contributed by atoms with Gasteiger partial charge in [0.05, 0.1) is 37.9 Å². The van der Waals surface area contributed by atoms with Gasteiger partial charge in [0.25, 0.3) is 0 Å². The van der Waals surface area contributed by atoms with Crippen molar-refractivity contribution >= 4 is 23.4 Å². The molecule has 4 N–H and O–H groups in total. The molecule has 3 heterocycles. The summed E-state index contributed by atoms with van der Waals surface area (Å²) in [6.45, 7) is 1.44. The molecule has 0 radical (unpaired) electrons. The molecule has 2 fully saturated rings. The van der Waals surface area contributed by atoms with E-state index in [1.807, 2.05) is 12.1 Å². The van der Waals surface area contributed by atoms with Crippen LogP contribution in [-0.2, 0) is 27.3 Å². The number of nitrogens with one attached hydrogen (secondary N) is 4. The number of rotatable bonds is 5. The van der Waals surface area contributed by atoms with Crippen molar-refractivity contribution in [2.75, 3.05) is 26.1 Å². The summed E-state index contributed by atoms with van der Waals surface area (Å²) in [7, 11) is 3.03. The average molecular weight is 480 g/mol. The van der Waals surface area contributed by atoms with Crippen LogP contribution in [0.2, 0.25) is 0 Å². The van der Waals surface area contributed by atoms with Gasteiger partial charge in [-0.05, 0) is 29.7 Å². The van der Waals surface area contributed by atoms with E-state index in [0.717, 1.165) is 13.0 Å². The van der Waals surface area contributed by atoms with Gasteiger partial charge in [-0.15, -0.1) is 0 Å². The first kappa shape index (κ1) is 23.1. The summed E-state index contributed by atoms with van der Waals surface area (Å²) in [5.74, 6) is -1.58. The predicted molar refractivity (Wildman–Crippen MR) is 127 cm³/mol. The highest BCUT2D eigenvalue weighted by molar-refractivity contribution is 6.01. The Morgan fingerprint density at radius 1 is 1.06 bits per heavy atom. The molecule has 3 amide bonds. The van der Waals surface area contributed by atoms with E-state index in [4.69, 9.17) is 9.47 Å². The van der Waals surface area contributed by atoms with Gasteiger partial charge in [0.1, 0.15) is 17.8 Å². The molecule has 4 atom stereocenters. The van der Waals surface area contributed by atoms with E-state index < -0.39 is 30.2 Å². The Kier molecular flexibility index (Phi) is 6.31. The van der Waals surface area contributed by atoms with Gasteiger partial charge in [-0.3, -0.25) is 24.6 Å². The molecular weight excluding hydrogens is 450 g/mol. The second-order valence-electron chi connectivity index (χ2n) is 9.00. The van der Waals surface area contributed by atoms with Gasteiger partial charge in [0.15, 0.2) is 0 Å². The third-order valence-corrected chi connectivity index (χ3v) is 6.96. The minimum atomic E-state index is -0.847. The summed E-state index contributed by atoms with van der Waals surface area (Å²) in [6, 6.07) is 13.3. The number of ether oxygens (including phenoxy) is 2. The van der Waals surface area contributed by atoms with E-state index in [0.29, 0.717) is 23.7 Å². The molecule has 10 heteroatoms. The topological polar surface area (TPSA) is 121 Å². The number of hydrogen-bond donors (Lipinski definition) is 4. The number of methoxy groups -OCH3 is 2. The quantitative estimate of drug-likeness (QED) is 0.500. The van der Waals surface area contributed by atoms with Crippen molar-refractivity contribution in [2.24, 2.45) is 11.8 Å². The molecule has 2 saturated heterocycles. The maximum absolute atomic E-state index is 13.3. The van der Waals surface area contributed by atoms with Crippen LogP contribution >= 0.6 is 0 Å². The number of nitrogens with zero attached hydrogens (tertiary/aromatic N) is 1. The number of hydrogen-bond acceptors (Lipinski definition) is 7. The highest BCUT2D eigenvalue weighted by Crippen LogP contribution is 2.33. The van der Waals surface area contributed by atoms with Gasteiger partial charge in [-0.25, -0.2) is 0 Å². The summed E-state index contributed by atoms with van der Waals surface area (Å²) >= 11 is 0. The van der Waals surface area contributed by atoms with Crippen LogP contribution in [0.3, 0.4) is 0 Å². The summed E-state index contributed by atoms with van der Waals surface area (Å²) in [6.07, 6.45) is -0.318. The normalized spacial score (nSPS) is 26.0. The van der Waals surface area contributed by atoms with Crippen LogP contribution in [0, 0.1) is 11.8 Å². The Hall–Kier alpha value is -3.63. The predicted octanol–water partition coefficient (Wildman–Crippen LogP) is 0.782. The van der Waals surface area contributed by atoms with E-state index in [1.54, 1.807) is 18.2 Å². The number of anilines is 1. The van der Waals surface area contributed by atoms with Crippen LogP contribution in [0.25, 0.3) is 0 Å². The average Bonchev–Trinajstić information content (AvgIpc) is 2.87. The van der Waals surface area contributed by atoms with Gasteiger partial charge in [-0.1, -0.05) is 24.3 Å². The van der Waals surface area contributed by atoms with Crippen molar-refractivity contribution in [1.82, 2.24) is 20.9 Å². The van der Waals surface area contributed by atoms with E-state index >= 15 is 0 Å². The maximum Gasteiger partial charge on any atom is 0.229 e. The first-order valence-corrected chi connectivity index (χ1v) is 11.7. The summed E-state index contributed by atoms with van der Waals surface area (Å²) in [4.78, 5) is 41.2. The van der Waals surface area contributed by atoms with Gasteiger partial charge >= 0.3 is 0 Å². The largest absolute Gasteiger partial charge is 0.497 e. The summed E-state index contributed by atoms with van der Waals surface area (Å²) < 4.78 is 10.6. The SMILES string of the molecule is COc1ccc(OC)c(NC(=O)C2CC(=O)NC3NC(N4CCc5ccccc5C4)NC(=O)C32)c1. The molecule has 5 rings (SSSR count). The maximum atomic E-state index is 13.3. The lowest BCUT2D eigenvalue weighted by atomic mass is 9.81. The molecule has 0 spiro atoms. The number of carbonyl (C=O) groups is 3. The van der Waals surface area contributed by atoms with Crippen LogP contribution in [0.15, 0.2) is 42.5 Å². The highest BCUT2D eigenvalue weighted by Gasteiger charge is 2.49. The molecule has 3 aliphatic heterocycles. The Morgan fingerprint density at radius 2 is 1.86 bits per heavy atom. The fourth-order valence-electron chi connectivity index (χ4n) is 5.13. The van der Waals surface area contributed by atoms with Crippen LogP contribution in [0.5, 0.6) is 11.5 Å². The lowest BCUT2D eigenvalue weighted by molar-refractivity contribution is -0.147. The minimum Gasteiger partial charge on any atom is -0.497 e. The minimum absolute atomic E-state index is 0.0872. The van der Waals surface area contributed by atoms with Crippen LogP contribution in [0.4, 0.5) is 5.69 Å². The highest BCUT2D eigenvalue weighted by atomic mass is 16.5. The van der Waals surface area contributed by atoms with Crippen molar-refractivity contribution in [3.8, 4) is 11.5 Å². The second kappa shape index (κ2) is 9.55. The number of piperidine rings is 1. The van der Waals surface area contributed by atoms with Gasteiger partial charge < -0.3 is 25.4 Å². The Morgan fingerprint density at radius 3 is 2.63 bits per heavy atom. The smallest absolute Gasteiger partial charge is 0.229 e. The molecule has 184 valence electrons. The van der Waals surface area contributed by atoms with Crippen LogP contribution in [0.1, 0.15) is 17.5 Å². The molecule has 0 aromatic heterocycles. The molecule has 0 saturated carbocycles. The van der Waals surface area contributed by atoms with E-state index in [9.17, 15) is 14.4 Å². The fraction of sp³-hybridized carbons (Fsp3) is 0.400. The molecule has 2 aromatic rings. The molecule has 4 unspecified atom stereocenters. The van der Waals surface area contributed by atoms with E-state index in [-0.39, 0.29) is 18.2 Å². The summed E-state index contributed by atoms with van der Waals surface area (Å²) in [5.41, 5.74) is 2.93.